The third kappa shape index (κ3) is 4.41. The molecule has 1 aliphatic heterocycles. The molecule has 11 heteroatoms. The monoisotopic (exact) mass is 384 g/mol. The average Bonchev–Trinajstić information content (AvgIpc) is 3.13. The molecule has 1 atom stereocenters. The first-order valence-electron chi connectivity index (χ1n) is 8.15. The zero-order valence-corrected chi connectivity index (χ0v) is 14.0. The van der Waals surface area contributed by atoms with Gasteiger partial charge in [0.2, 0.25) is 11.8 Å². The summed E-state index contributed by atoms with van der Waals surface area (Å²) in [5.41, 5.74) is 0.547. The van der Waals surface area contributed by atoms with Crippen molar-refractivity contribution in [1.82, 2.24) is 15.1 Å². The molecule has 1 fully saturated rings. The highest BCUT2D eigenvalue weighted by Gasteiger charge is 2.39. The van der Waals surface area contributed by atoms with E-state index >= 15 is 0 Å². The van der Waals surface area contributed by atoms with Crippen molar-refractivity contribution < 1.29 is 27.3 Å². The van der Waals surface area contributed by atoms with E-state index in [0.29, 0.717) is 24.9 Å². The Balaban J connectivity index is 1.64. The second kappa shape index (κ2) is 7.33. The molecule has 0 radical (unpaired) electrons. The molecule has 3 rings (SSSR count). The number of nitro benzene ring substituents is 1. The number of rotatable bonds is 4. The lowest BCUT2D eigenvalue weighted by Crippen LogP contribution is -2.40. The lowest BCUT2D eigenvalue weighted by Gasteiger charge is -2.31. The van der Waals surface area contributed by atoms with E-state index in [4.69, 9.17) is 4.42 Å². The fourth-order valence-corrected chi connectivity index (χ4v) is 2.94. The SMILES string of the molecule is O=C(Cc1ccc([N+](=O)[O-])cc1)N1CCCC(c2nnc(C(F)(F)F)o2)C1. The Bertz CT molecular complexity index is 835. The van der Waals surface area contributed by atoms with Crippen LogP contribution in [0.4, 0.5) is 18.9 Å². The van der Waals surface area contributed by atoms with Crippen molar-refractivity contribution in [2.45, 2.75) is 31.4 Å². The molecule has 2 heterocycles. The van der Waals surface area contributed by atoms with Gasteiger partial charge in [-0.15, -0.1) is 10.2 Å². The third-order valence-electron chi connectivity index (χ3n) is 4.31. The normalized spacial score (nSPS) is 17.7. The third-order valence-corrected chi connectivity index (χ3v) is 4.31. The fraction of sp³-hybridized carbons (Fsp3) is 0.438. The standard InChI is InChI=1S/C16H15F3N4O4/c17-16(18,19)15-21-20-14(27-15)11-2-1-7-22(9-11)13(24)8-10-3-5-12(6-4-10)23(25)26/h3-6,11H,1-2,7-9H2. The molecule has 1 unspecified atom stereocenters. The molecule has 0 aliphatic carbocycles. The predicted molar refractivity (Wildman–Crippen MR) is 84.7 cm³/mol. The largest absolute Gasteiger partial charge is 0.470 e. The summed E-state index contributed by atoms with van der Waals surface area (Å²) in [7, 11) is 0. The summed E-state index contributed by atoms with van der Waals surface area (Å²) in [6.07, 6.45) is -3.52. The van der Waals surface area contributed by atoms with Crippen LogP contribution in [0.3, 0.4) is 0 Å². The van der Waals surface area contributed by atoms with E-state index in [1.165, 1.54) is 29.2 Å². The molecule has 144 valence electrons. The van der Waals surface area contributed by atoms with Crippen LogP contribution in [0.2, 0.25) is 0 Å². The Morgan fingerprint density at radius 3 is 2.59 bits per heavy atom. The number of nitro groups is 1. The zero-order chi connectivity index (χ0) is 19.6. The van der Waals surface area contributed by atoms with Gasteiger partial charge in [-0.1, -0.05) is 12.1 Å². The van der Waals surface area contributed by atoms with Crippen molar-refractivity contribution in [3.8, 4) is 0 Å². The molecular formula is C16H15F3N4O4. The second-order valence-corrected chi connectivity index (χ2v) is 6.22. The Kier molecular flexibility index (Phi) is 5.10. The number of amides is 1. The van der Waals surface area contributed by atoms with Crippen LogP contribution in [0.1, 0.15) is 36.1 Å². The Morgan fingerprint density at radius 2 is 2.00 bits per heavy atom. The van der Waals surface area contributed by atoms with Gasteiger partial charge in [0.05, 0.1) is 17.3 Å². The van der Waals surface area contributed by atoms with Crippen LogP contribution in [0.15, 0.2) is 28.7 Å². The summed E-state index contributed by atoms with van der Waals surface area (Å²) < 4.78 is 42.5. The highest BCUT2D eigenvalue weighted by molar-refractivity contribution is 5.79. The number of halogens is 3. The van der Waals surface area contributed by atoms with E-state index in [1.54, 1.807) is 0 Å². The maximum absolute atomic E-state index is 12.6. The summed E-state index contributed by atoms with van der Waals surface area (Å²) in [6.45, 7) is 0.661. The number of nitrogens with zero attached hydrogens (tertiary/aromatic N) is 4. The van der Waals surface area contributed by atoms with Crippen molar-refractivity contribution in [3.63, 3.8) is 0 Å². The summed E-state index contributed by atoms with van der Waals surface area (Å²) >= 11 is 0. The number of alkyl halides is 3. The molecule has 1 aromatic carbocycles. The number of carbonyl (C=O) groups is 1. The van der Waals surface area contributed by atoms with Crippen molar-refractivity contribution >= 4 is 11.6 Å². The summed E-state index contributed by atoms with van der Waals surface area (Å²) in [4.78, 5) is 24.1. The number of piperidine rings is 1. The first kappa shape index (κ1) is 18.8. The molecule has 0 bridgehead atoms. The predicted octanol–water partition coefficient (Wildman–Crippen LogP) is 2.95. The van der Waals surface area contributed by atoms with Crippen LogP contribution in [0, 0.1) is 10.1 Å². The molecule has 1 saturated heterocycles. The van der Waals surface area contributed by atoms with Gasteiger partial charge in [-0.2, -0.15) is 13.2 Å². The molecule has 0 N–H and O–H groups in total. The van der Waals surface area contributed by atoms with Gasteiger partial charge in [0.25, 0.3) is 5.69 Å². The number of hydrogen-bond acceptors (Lipinski definition) is 6. The van der Waals surface area contributed by atoms with Crippen molar-refractivity contribution in [2.75, 3.05) is 13.1 Å². The molecular weight excluding hydrogens is 369 g/mol. The fourth-order valence-electron chi connectivity index (χ4n) is 2.94. The van der Waals surface area contributed by atoms with Gasteiger partial charge in [-0.3, -0.25) is 14.9 Å². The quantitative estimate of drug-likeness (QED) is 0.593. The van der Waals surface area contributed by atoms with Crippen LogP contribution < -0.4 is 0 Å². The topological polar surface area (TPSA) is 102 Å². The van der Waals surface area contributed by atoms with Gasteiger partial charge in [0.1, 0.15) is 0 Å². The summed E-state index contributed by atoms with van der Waals surface area (Å²) in [6, 6.07) is 5.65. The van der Waals surface area contributed by atoms with Crippen molar-refractivity contribution in [2.24, 2.45) is 0 Å². The molecule has 0 spiro atoms. The number of likely N-dealkylation sites (tertiary alicyclic amines) is 1. The summed E-state index contributed by atoms with van der Waals surface area (Å²) in [5, 5.41) is 17.2. The Labute approximate surface area is 151 Å². The van der Waals surface area contributed by atoms with Gasteiger partial charge in [0.15, 0.2) is 0 Å². The molecule has 27 heavy (non-hydrogen) atoms. The Morgan fingerprint density at radius 1 is 1.30 bits per heavy atom. The smallest absolute Gasteiger partial charge is 0.417 e. The Hall–Kier alpha value is -2.98. The minimum Gasteiger partial charge on any atom is -0.417 e. The van der Waals surface area contributed by atoms with E-state index < -0.39 is 22.9 Å². The maximum Gasteiger partial charge on any atom is 0.470 e. The van der Waals surface area contributed by atoms with E-state index in [1.807, 2.05) is 0 Å². The first-order chi connectivity index (χ1) is 12.7. The number of non-ortho nitro benzene ring substituents is 1. The molecule has 0 saturated carbocycles. The number of benzene rings is 1. The van der Waals surface area contributed by atoms with E-state index in [0.717, 1.165) is 0 Å². The minimum absolute atomic E-state index is 0.0440. The number of aromatic nitrogens is 2. The van der Waals surface area contributed by atoms with E-state index in [-0.39, 0.29) is 30.5 Å². The molecule has 1 amide bonds. The molecule has 8 nitrogen and oxygen atoms in total. The van der Waals surface area contributed by atoms with Gasteiger partial charge < -0.3 is 9.32 Å². The van der Waals surface area contributed by atoms with Crippen LogP contribution >= 0.6 is 0 Å². The second-order valence-electron chi connectivity index (χ2n) is 6.22. The number of hydrogen-bond donors (Lipinski definition) is 0. The lowest BCUT2D eigenvalue weighted by molar-refractivity contribution is -0.384. The van der Waals surface area contributed by atoms with Gasteiger partial charge in [0, 0.05) is 25.2 Å². The zero-order valence-electron chi connectivity index (χ0n) is 14.0. The molecule has 1 aliphatic rings. The molecule has 2 aromatic rings. The maximum atomic E-state index is 12.6. The van der Waals surface area contributed by atoms with Crippen molar-refractivity contribution in [3.05, 3.63) is 51.7 Å². The molecule has 1 aromatic heterocycles. The van der Waals surface area contributed by atoms with Gasteiger partial charge in [-0.25, -0.2) is 0 Å². The van der Waals surface area contributed by atoms with Gasteiger partial charge in [-0.05, 0) is 18.4 Å². The van der Waals surface area contributed by atoms with E-state index in [9.17, 15) is 28.1 Å². The van der Waals surface area contributed by atoms with Crippen LogP contribution in [-0.4, -0.2) is 39.0 Å². The highest BCUT2D eigenvalue weighted by Crippen LogP contribution is 2.32. The summed E-state index contributed by atoms with van der Waals surface area (Å²) in [5.74, 6) is -2.20. The lowest BCUT2D eigenvalue weighted by atomic mass is 9.97. The van der Waals surface area contributed by atoms with E-state index in [2.05, 4.69) is 10.2 Å². The van der Waals surface area contributed by atoms with Gasteiger partial charge >= 0.3 is 12.1 Å². The first-order valence-corrected chi connectivity index (χ1v) is 8.15. The van der Waals surface area contributed by atoms with Crippen LogP contribution in [0.5, 0.6) is 0 Å². The van der Waals surface area contributed by atoms with Crippen molar-refractivity contribution in [1.29, 1.82) is 0 Å². The average molecular weight is 384 g/mol. The van der Waals surface area contributed by atoms with Crippen LogP contribution in [-0.2, 0) is 17.4 Å². The minimum atomic E-state index is -4.70. The number of carbonyl (C=O) groups excluding carboxylic acids is 1. The highest BCUT2D eigenvalue weighted by atomic mass is 19.4. The van der Waals surface area contributed by atoms with Crippen LogP contribution in [0.25, 0.3) is 0 Å².